The molecule has 0 saturated carbocycles. The molecule has 3 nitrogen and oxygen atoms in total. The van der Waals surface area contributed by atoms with Crippen LogP contribution in [0.4, 0.5) is 10.1 Å². The van der Waals surface area contributed by atoms with Crippen molar-refractivity contribution < 1.29 is 9.18 Å². The fraction of sp³-hybridized carbons (Fsp3) is 0.211. The summed E-state index contributed by atoms with van der Waals surface area (Å²) in [5, 5.41) is 3.91. The molecule has 0 unspecified atom stereocenters. The highest BCUT2D eigenvalue weighted by molar-refractivity contribution is 5.92. The van der Waals surface area contributed by atoms with Crippen LogP contribution in [0.2, 0.25) is 0 Å². The van der Waals surface area contributed by atoms with E-state index in [0.717, 1.165) is 10.9 Å². The van der Waals surface area contributed by atoms with E-state index in [9.17, 15) is 9.18 Å². The topological polar surface area (TPSA) is 34.0 Å². The summed E-state index contributed by atoms with van der Waals surface area (Å²) in [5.74, 6) is 0.0203. The van der Waals surface area contributed by atoms with Crippen LogP contribution in [0, 0.1) is 5.82 Å². The number of fused-ring (bicyclic) bond motifs is 1. The zero-order valence-electron chi connectivity index (χ0n) is 13.2. The fourth-order valence-electron chi connectivity index (χ4n) is 2.60. The molecular weight excluding hydrogens is 291 g/mol. The van der Waals surface area contributed by atoms with E-state index >= 15 is 0 Å². The van der Waals surface area contributed by atoms with Gasteiger partial charge in [0.15, 0.2) is 0 Å². The van der Waals surface area contributed by atoms with E-state index in [-0.39, 0.29) is 18.3 Å². The van der Waals surface area contributed by atoms with Gasteiger partial charge in [-0.25, -0.2) is 4.39 Å². The predicted molar refractivity (Wildman–Crippen MR) is 91.1 cm³/mol. The standard InChI is InChI=1S/C19H19FN2O/c1-13(2)14-3-8-18-15(11-14)9-10-22(18)12-19(23)21-17-6-4-16(20)5-7-17/h3-11,13H,12H2,1-2H3,(H,21,23). The molecule has 1 heterocycles. The highest BCUT2D eigenvalue weighted by Gasteiger charge is 2.08. The highest BCUT2D eigenvalue weighted by atomic mass is 19.1. The van der Waals surface area contributed by atoms with Crippen molar-refractivity contribution in [2.75, 3.05) is 5.32 Å². The number of halogens is 1. The lowest BCUT2D eigenvalue weighted by Crippen LogP contribution is -2.18. The Bertz CT molecular complexity index is 834. The molecule has 0 bridgehead atoms. The number of hydrogen-bond donors (Lipinski definition) is 1. The first-order valence-electron chi connectivity index (χ1n) is 7.67. The molecule has 1 aromatic heterocycles. The lowest BCUT2D eigenvalue weighted by Gasteiger charge is -2.09. The first kappa shape index (κ1) is 15.3. The van der Waals surface area contributed by atoms with Gasteiger partial charge in [-0.3, -0.25) is 4.79 Å². The van der Waals surface area contributed by atoms with Gasteiger partial charge in [-0.2, -0.15) is 0 Å². The predicted octanol–water partition coefficient (Wildman–Crippen LogP) is 4.54. The van der Waals surface area contributed by atoms with Gasteiger partial charge in [0.05, 0.1) is 0 Å². The molecule has 3 rings (SSSR count). The SMILES string of the molecule is CC(C)c1ccc2c(ccn2CC(=O)Nc2ccc(F)cc2)c1. The van der Waals surface area contributed by atoms with Crippen LogP contribution in [0.1, 0.15) is 25.3 Å². The van der Waals surface area contributed by atoms with Crippen molar-refractivity contribution in [1.29, 1.82) is 0 Å². The van der Waals surface area contributed by atoms with E-state index in [4.69, 9.17) is 0 Å². The highest BCUT2D eigenvalue weighted by Crippen LogP contribution is 2.22. The monoisotopic (exact) mass is 310 g/mol. The molecule has 0 radical (unpaired) electrons. The van der Waals surface area contributed by atoms with Crippen LogP contribution in [0.25, 0.3) is 10.9 Å². The minimum absolute atomic E-state index is 0.137. The van der Waals surface area contributed by atoms with Gasteiger partial charge in [0.25, 0.3) is 0 Å². The Hall–Kier alpha value is -2.62. The maximum absolute atomic E-state index is 12.9. The maximum Gasteiger partial charge on any atom is 0.244 e. The zero-order valence-corrected chi connectivity index (χ0v) is 13.2. The van der Waals surface area contributed by atoms with E-state index in [1.165, 1.54) is 17.7 Å². The molecule has 4 heteroatoms. The summed E-state index contributed by atoms with van der Waals surface area (Å²) in [6, 6.07) is 14.1. The number of anilines is 1. The third-order valence-electron chi connectivity index (χ3n) is 3.90. The maximum atomic E-state index is 12.9. The molecule has 1 N–H and O–H groups in total. The lowest BCUT2D eigenvalue weighted by molar-refractivity contribution is -0.116. The van der Waals surface area contributed by atoms with Crippen molar-refractivity contribution >= 4 is 22.5 Å². The van der Waals surface area contributed by atoms with E-state index in [1.807, 2.05) is 16.8 Å². The molecule has 0 spiro atoms. The Morgan fingerprint density at radius 3 is 2.57 bits per heavy atom. The summed E-state index contributed by atoms with van der Waals surface area (Å²) in [4.78, 5) is 12.2. The fourth-order valence-corrected chi connectivity index (χ4v) is 2.60. The Balaban J connectivity index is 1.76. The quantitative estimate of drug-likeness (QED) is 0.754. The second-order valence-corrected chi connectivity index (χ2v) is 5.97. The van der Waals surface area contributed by atoms with Crippen molar-refractivity contribution in [3.8, 4) is 0 Å². The van der Waals surface area contributed by atoms with Gasteiger partial charge in [-0.15, -0.1) is 0 Å². The molecule has 0 aliphatic carbocycles. The molecule has 0 saturated heterocycles. The largest absolute Gasteiger partial charge is 0.338 e. The summed E-state index contributed by atoms with van der Waals surface area (Å²) < 4.78 is 14.8. The van der Waals surface area contributed by atoms with Gasteiger partial charge < -0.3 is 9.88 Å². The van der Waals surface area contributed by atoms with Crippen molar-refractivity contribution in [3.05, 3.63) is 66.1 Å². The summed E-state index contributed by atoms with van der Waals surface area (Å²) in [6.07, 6.45) is 1.92. The van der Waals surface area contributed by atoms with Gasteiger partial charge in [-0.1, -0.05) is 19.9 Å². The Morgan fingerprint density at radius 1 is 1.13 bits per heavy atom. The summed E-state index contributed by atoms with van der Waals surface area (Å²) in [6.45, 7) is 4.55. The summed E-state index contributed by atoms with van der Waals surface area (Å²) in [5.41, 5.74) is 2.91. The van der Waals surface area contributed by atoms with Crippen molar-refractivity contribution in [2.45, 2.75) is 26.3 Å². The average molecular weight is 310 g/mol. The van der Waals surface area contributed by atoms with Crippen LogP contribution in [-0.2, 0) is 11.3 Å². The molecule has 3 aromatic rings. The van der Waals surface area contributed by atoms with Crippen LogP contribution in [0.5, 0.6) is 0 Å². The normalized spacial score (nSPS) is 11.1. The number of benzene rings is 2. The summed E-state index contributed by atoms with van der Waals surface area (Å²) >= 11 is 0. The lowest BCUT2D eigenvalue weighted by atomic mass is 10.0. The molecule has 0 fully saturated rings. The number of nitrogens with zero attached hydrogens (tertiary/aromatic N) is 1. The van der Waals surface area contributed by atoms with Crippen LogP contribution >= 0.6 is 0 Å². The zero-order chi connectivity index (χ0) is 16.4. The van der Waals surface area contributed by atoms with Gasteiger partial charge in [0.1, 0.15) is 12.4 Å². The second kappa shape index (κ2) is 6.24. The Labute approximate surface area is 134 Å². The Morgan fingerprint density at radius 2 is 1.87 bits per heavy atom. The number of hydrogen-bond acceptors (Lipinski definition) is 1. The third-order valence-corrected chi connectivity index (χ3v) is 3.90. The molecule has 2 aromatic carbocycles. The van der Waals surface area contributed by atoms with Gasteiger partial charge in [0, 0.05) is 17.4 Å². The molecule has 118 valence electrons. The molecule has 1 amide bonds. The van der Waals surface area contributed by atoms with Gasteiger partial charge in [0.2, 0.25) is 5.91 Å². The summed E-state index contributed by atoms with van der Waals surface area (Å²) in [7, 11) is 0. The first-order valence-corrected chi connectivity index (χ1v) is 7.67. The molecule has 0 aliphatic rings. The van der Waals surface area contributed by atoms with Crippen LogP contribution in [-0.4, -0.2) is 10.5 Å². The van der Waals surface area contributed by atoms with Gasteiger partial charge in [-0.05, 0) is 59.3 Å². The van der Waals surface area contributed by atoms with E-state index < -0.39 is 0 Å². The number of carbonyl (C=O) groups is 1. The first-order chi connectivity index (χ1) is 11.0. The molecule has 23 heavy (non-hydrogen) atoms. The number of nitrogens with one attached hydrogen (secondary N) is 1. The van der Waals surface area contributed by atoms with Crippen molar-refractivity contribution in [2.24, 2.45) is 0 Å². The molecule has 0 aliphatic heterocycles. The van der Waals surface area contributed by atoms with E-state index in [0.29, 0.717) is 11.6 Å². The second-order valence-electron chi connectivity index (χ2n) is 5.97. The molecular formula is C19H19FN2O. The Kier molecular flexibility index (Phi) is 4.15. The van der Waals surface area contributed by atoms with Crippen molar-refractivity contribution in [3.63, 3.8) is 0 Å². The van der Waals surface area contributed by atoms with Crippen LogP contribution < -0.4 is 5.32 Å². The van der Waals surface area contributed by atoms with Gasteiger partial charge >= 0.3 is 0 Å². The third kappa shape index (κ3) is 3.42. The number of amides is 1. The van der Waals surface area contributed by atoms with Crippen LogP contribution in [0.3, 0.4) is 0 Å². The minimum Gasteiger partial charge on any atom is -0.338 e. The van der Waals surface area contributed by atoms with Crippen LogP contribution in [0.15, 0.2) is 54.7 Å². The smallest absolute Gasteiger partial charge is 0.244 e. The number of rotatable bonds is 4. The number of aromatic nitrogens is 1. The van der Waals surface area contributed by atoms with E-state index in [1.54, 1.807) is 12.1 Å². The average Bonchev–Trinajstić information content (AvgIpc) is 2.92. The van der Waals surface area contributed by atoms with E-state index in [2.05, 4.69) is 37.4 Å². The minimum atomic E-state index is -0.319. The molecule has 0 atom stereocenters. The van der Waals surface area contributed by atoms with Crippen molar-refractivity contribution in [1.82, 2.24) is 4.57 Å². The number of carbonyl (C=O) groups excluding carboxylic acids is 1.